The molecule has 0 bridgehead atoms. The van der Waals surface area contributed by atoms with Crippen LogP contribution >= 0.6 is 0 Å². The van der Waals surface area contributed by atoms with Crippen LogP contribution in [0, 0.1) is 5.92 Å². The first-order valence-corrected chi connectivity index (χ1v) is 12.9. The summed E-state index contributed by atoms with van der Waals surface area (Å²) in [5.41, 5.74) is 0. The summed E-state index contributed by atoms with van der Waals surface area (Å²) in [6.45, 7) is 5.55. The van der Waals surface area contributed by atoms with E-state index in [1.165, 1.54) is 23.6 Å². The lowest BCUT2D eigenvalue weighted by molar-refractivity contribution is -0.126. The van der Waals surface area contributed by atoms with Gasteiger partial charge in [0.15, 0.2) is 11.5 Å². The number of carbonyl (C=O) groups is 1. The van der Waals surface area contributed by atoms with Crippen LogP contribution in [0.4, 0.5) is 0 Å². The smallest absolute Gasteiger partial charge is 0.243 e. The molecule has 8 nitrogen and oxygen atoms in total. The van der Waals surface area contributed by atoms with E-state index in [0.29, 0.717) is 57.2 Å². The molecule has 0 radical (unpaired) electrons. The maximum Gasteiger partial charge on any atom is 0.243 e. The Morgan fingerprint density at radius 1 is 0.968 bits per heavy atom. The van der Waals surface area contributed by atoms with Crippen molar-refractivity contribution in [2.24, 2.45) is 5.92 Å². The van der Waals surface area contributed by atoms with Crippen molar-refractivity contribution in [1.82, 2.24) is 14.5 Å². The molecule has 0 unspecified atom stereocenters. The maximum atomic E-state index is 13.1. The van der Waals surface area contributed by atoms with Crippen molar-refractivity contribution < 1.29 is 22.7 Å². The van der Waals surface area contributed by atoms with Crippen LogP contribution in [0.1, 0.15) is 38.5 Å². The van der Waals surface area contributed by atoms with Gasteiger partial charge in [-0.2, -0.15) is 4.31 Å². The van der Waals surface area contributed by atoms with Crippen LogP contribution in [-0.4, -0.2) is 76.0 Å². The largest absolute Gasteiger partial charge is 0.490 e. The van der Waals surface area contributed by atoms with E-state index in [1.807, 2.05) is 0 Å². The summed E-state index contributed by atoms with van der Waals surface area (Å²) < 4.78 is 38.9. The Morgan fingerprint density at radius 2 is 1.68 bits per heavy atom. The van der Waals surface area contributed by atoms with Crippen LogP contribution < -0.4 is 14.8 Å². The van der Waals surface area contributed by atoms with E-state index in [-0.39, 0.29) is 16.7 Å². The summed E-state index contributed by atoms with van der Waals surface area (Å²) in [4.78, 5) is 15.1. The molecule has 0 spiro atoms. The zero-order chi connectivity index (χ0) is 21.7. The van der Waals surface area contributed by atoms with Crippen LogP contribution in [0.2, 0.25) is 0 Å². The quantitative estimate of drug-likeness (QED) is 0.710. The van der Waals surface area contributed by atoms with Gasteiger partial charge in [-0.05, 0) is 50.9 Å². The fraction of sp³-hybridized carbons (Fsp3) is 0.682. The number of rotatable bonds is 6. The monoisotopic (exact) mass is 451 g/mol. The predicted molar refractivity (Wildman–Crippen MR) is 117 cm³/mol. The van der Waals surface area contributed by atoms with Gasteiger partial charge in [0.1, 0.15) is 0 Å². The van der Waals surface area contributed by atoms with Gasteiger partial charge in [0, 0.05) is 44.6 Å². The molecule has 2 fully saturated rings. The number of carbonyl (C=O) groups excluding carboxylic acids is 1. The number of benzene rings is 1. The van der Waals surface area contributed by atoms with Crippen LogP contribution in [0.5, 0.6) is 11.5 Å². The van der Waals surface area contributed by atoms with Crippen LogP contribution in [0.15, 0.2) is 23.1 Å². The Balaban J connectivity index is 1.28. The predicted octanol–water partition coefficient (Wildman–Crippen LogP) is 1.85. The lowest BCUT2D eigenvalue weighted by atomic mass is 9.97. The minimum atomic E-state index is -3.63. The molecule has 2 saturated heterocycles. The third-order valence-electron chi connectivity index (χ3n) is 6.36. The molecule has 0 saturated carbocycles. The SMILES string of the molecule is O=C(NCCN1CCCCC1)C1CCN(S(=O)(=O)c2ccc3c(c2)OCCCO3)CC1. The first-order chi connectivity index (χ1) is 15.0. The van der Waals surface area contributed by atoms with E-state index < -0.39 is 10.0 Å². The van der Waals surface area contributed by atoms with Crippen molar-refractivity contribution in [1.29, 1.82) is 0 Å². The summed E-state index contributed by atoms with van der Waals surface area (Å²) in [5, 5.41) is 3.05. The number of piperidine rings is 2. The van der Waals surface area contributed by atoms with Gasteiger partial charge >= 0.3 is 0 Å². The lowest BCUT2D eigenvalue weighted by Crippen LogP contribution is -2.44. The van der Waals surface area contributed by atoms with Gasteiger partial charge in [-0.15, -0.1) is 0 Å². The molecule has 0 aliphatic carbocycles. The molecule has 0 atom stereocenters. The van der Waals surface area contributed by atoms with E-state index in [4.69, 9.17) is 9.47 Å². The van der Waals surface area contributed by atoms with Crippen LogP contribution in [0.25, 0.3) is 0 Å². The minimum Gasteiger partial charge on any atom is -0.490 e. The van der Waals surface area contributed by atoms with Crippen molar-refractivity contribution in [2.45, 2.75) is 43.4 Å². The molecule has 1 amide bonds. The first-order valence-electron chi connectivity index (χ1n) is 11.4. The third kappa shape index (κ3) is 5.51. The number of nitrogens with zero attached hydrogens (tertiary/aromatic N) is 2. The Kier molecular flexibility index (Phi) is 7.35. The average molecular weight is 452 g/mol. The summed E-state index contributed by atoms with van der Waals surface area (Å²) in [6, 6.07) is 4.79. The Morgan fingerprint density at radius 3 is 2.42 bits per heavy atom. The second kappa shape index (κ2) is 10.2. The minimum absolute atomic E-state index is 0.0460. The van der Waals surface area contributed by atoms with Crippen LogP contribution in [-0.2, 0) is 14.8 Å². The van der Waals surface area contributed by atoms with Gasteiger partial charge in [-0.1, -0.05) is 6.42 Å². The number of ether oxygens (including phenoxy) is 2. The summed E-state index contributed by atoms with van der Waals surface area (Å²) in [5.74, 6) is 0.971. The van der Waals surface area contributed by atoms with Gasteiger partial charge in [0.25, 0.3) is 0 Å². The Bertz CT molecular complexity index is 862. The van der Waals surface area contributed by atoms with Crippen LogP contribution in [0.3, 0.4) is 0 Å². The van der Waals surface area contributed by atoms with Crippen molar-refractivity contribution in [3.63, 3.8) is 0 Å². The summed E-state index contributed by atoms with van der Waals surface area (Å²) >= 11 is 0. The molecule has 3 aliphatic rings. The summed E-state index contributed by atoms with van der Waals surface area (Å²) in [6.07, 6.45) is 5.63. The number of hydrogen-bond donors (Lipinski definition) is 1. The number of likely N-dealkylation sites (tertiary alicyclic amines) is 1. The molecule has 1 aromatic rings. The Hall–Kier alpha value is -1.84. The fourth-order valence-electron chi connectivity index (χ4n) is 4.48. The molecule has 0 aromatic heterocycles. The zero-order valence-corrected chi connectivity index (χ0v) is 18.9. The molecule has 1 aromatic carbocycles. The van der Waals surface area contributed by atoms with E-state index in [9.17, 15) is 13.2 Å². The molecule has 9 heteroatoms. The van der Waals surface area contributed by atoms with E-state index in [2.05, 4.69) is 10.2 Å². The van der Waals surface area contributed by atoms with Gasteiger partial charge in [0.2, 0.25) is 15.9 Å². The number of hydrogen-bond acceptors (Lipinski definition) is 6. The normalized spacial score (nSPS) is 21.4. The highest BCUT2D eigenvalue weighted by Gasteiger charge is 2.32. The standard InChI is InChI=1S/C22H33N3O5S/c26-22(23-9-14-24-10-2-1-3-11-24)18-7-12-25(13-8-18)31(27,28)19-5-6-20-21(17-19)30-16-4-15-29-20/h5-6,17-18H,1-4,7-16H2,(H,23,26). The molecular formula is C22H33N3O5S. The number of sulfonamides is 1. The van der Waals surface area contributed by atoms with E-state index >= 15 is 0 Å². The number of nitrogens with one attached hydrogen (secondary N) is 1. The van der Waals surface area contributed by atoms with Crippen molar-refractivity contribution in [3.8, 4) is 11.5 Å². The molecule has 172 valence electrons. The van der Waals surface area contributed by atoms with Gasteiger partial charge < -0.3 is 19.7 Å². The van der Waals surface area contributed by atoms with Crippen molar-refractivity contribution in [3.05, 3.63) is 18.2 Å². The van der Waals surface area contributed by atoms with Gasteiger partial charge in [-0.3, -0.25) is 4.79 Å². The highest BCUT2D eigenvalue weighted by molar-refractivity contribution is 7.89. The molecule has 3 aliphatic heterocycles. The van der Waals surface area contributed by atoms with Gasteiger partial charge in [-0.25, -0.2) is 8.42 Å². The molecule has 4 rings (SSSR count). The lowest BCUT2D eigenvalue weighted by Gasteiger charge is -2.31. The third-order valence-corrected chi connectivity index (χ3v) is 8.25. The zero-order valence-electron chi connectivity index (χ0n) is 18.1. The molecule has 1 N–H and O–H groups in total. The average Bonchev–Trinajstić information content (AvgIpc) is 3.05. The molecular weight excluding hydrogens is 418 g/mol. The first kappa shape index (κ1) is 22.4. The maximum absolute atomic E-state index is 13.1. The number of fused-ring (bicyclic) bond motifs is 1. The highest BCUT2D eigenvalue weighted by Crippen LogP contribution is 2.33. The van der Waals surface area contributed by atoms with Crippen molar-refractivity contribution in [2.75, 3.05) is 52.5 Å². The molecule has 3 heterocycles. The summed E-state index contributed by atoms with van der Waals surface area (Å²) in [7, 11) is -3.63. The second-order valence-electron chi connectivity index (χ2n) is 8.53. The second-order valence-corrected chi connectivity index (χ2v) is 10.5. The van der Waals surface area contributed by atoms with E-state index in [1.54, 1.807) is 18.2 Å². The topological polar surface area (TPSA) is 88.2 Å². The fourth-order valence-corrected chi connectivity index (χ4v) is 5.96. The molecule has 31 heavy (non-hydrogen) atoms. The highest BCUT2D eigenvalue weighted by atomic mass is 32.2. The van der Waals surface area contributed by atoms with Gasteiger partial charge in [0.05, 0.1) is 18.1 Å². The Labute approximate surface area is 184 Å². The van der Waals surface area contributed by atoms with E-state index in [0.717, 1.165) is 26.1 Å². The van der Waals surface area contributed by atoms with Crippen molar-refractivity contribution >= 4 is 15.9 Å². The number of amides is 1.